The second-order valence-electron chi connectivity index (χ2n) is 4.27. The Labute approximate surface area is 95.8 Å². The van der Waals surface area contributed by atoms with Crippen molar-refractivity contribution in [3.8, 4) is 0 Å². The van der Waals surface area contributed by atoms with Crippen LogP contribution in [0.5, 0.6) is 0 Å². The summed E-state index contributed by atoms with van der Waals surface area (Å²) in [5.41, 5.74) is -0.510. The van der Waals surface area contributed by atoms with E-state index in [1.54, 1.807) is 0 Å². The van der Waals surface area contributed by atoms with Gasteiger partial charge in [-0.15, -0.1) is 12.4 Å². The van der Waals surface area contributed by atoms with Gasteiger partial charge in [-0.05, 0) is 31.7 Å². The highest BCUT2D eigenvalue weighted by Gasteiger charge is 2.47. The number of carbonyl (C=O) groups is 1. The van der Waals surface area contributed by atoms with Crippen LogP contribution in [0.3, 0.4) is 0 Å². The lowest BCUT2D eigenvalue weighted by Crippen LogP contribution is -2.43. The molecule has 2 aliphatic heterocycles. The molecule has 2 heterocycles. The van der Waals surface area contributed by atoms with E-state index in [0.717, 1.165) is 39.0 Å². The van der Waals surface area contributed by atoms with E-state index >= 15 is 0 Å². The van der Waals surface area contributed by atoms with E-state index in [9.17, 15) is 9.90 Å². The lowest BCUT2D eigenvalue weighted by atomic mass is 9.71. The maximum atomic E-state index is 11.3. The SMILES string of the molecule is Cl.O=C(O)C1(C2CCOCC2)CCNC1. The van der Waals surface area contributed by atoms with Gasteiger partial charge in [0.25, 0.3) is 0 Å². The summed E-state index contributed by atoms with van der Waals surface area (Å²) in [6, 6.07) is 0. The van der Waals surface area contributed by atoms with Crippen molar-refractivity contribution in [2.75, 3.05) is 26.3 Å². The van der Waals surface area contributed by atoms with E-state index in [2.05, 4.69) is 5.32 Å². The number of ether oxygens (including phenoxy) is 1. The predicted molar refractivity (Wildman–Crippen MR) is 58.3 cm³/mol. The topological polar surface area (TPSA) is 58.6 Å². The van der Waals surface area contributed by atoms with Crippen LogP contribution in [-0.4, -0.2) is 37.4 Å². The zero-order valence-corrected chi connectivity index (χ0v) is 9.52. The molecule has 0 bridgehead atoms. The second-order valence-corrected chi connectivity index (χ2v) is 4.27. The highest BCUT2D eigenvalue weighted by molar-refractivity contribution is 5.85. The number of carboxylic acids is 1. The molecule has 1 atom stereocenters. The molecule has 15 heavy (non-hydrogen) atoms. The average molecular weight is 236 g/mol. The fourth-order valence-corrected chi connectivity index (χ4v) is 2.67. The Morgan fingerprint density at radius 2 is 2.07 bits per heavy atom. The van der Waals surface area contributed by atoms with Crippen molar-refractivity contribution in [2.24, 2.45) is 11.3 Å². The fourth-order valence-electron chi connectivity index (χ4n) is 2.67. The molecule has 2 N–H and O–H groups in total. The first kappa shape index (κ1) is 12.7. The minimum atomic E-state index is -0.630. The summed E-state index contributed by atoms with van der Waals surface area (Å²) in [6.45, 7) is 2.91. The highest BCUT2D eigenvalue weighted by atomic mass is 35.5. The Morgan fingerprint density at radius 1 is 1.40 bits per heavy atom. The smallest absolute Gasteiger partial charge is 0.311 e. The molecule has 0 amide bonds. The van der Waals surface area contributed by atoms with Gasteiger partial charge in [0, 0.05) is 19.8 Å². The monoisotopic (exact) mass is 235 g/mol. The van der Waals surface area contributed by atoms with Gasteiger partial charge in [-0.25, -0.2) is 0 Å². The number of hydrogen-bond acceptors (Lipinski definition) is 3. The third kappa shape index (κ3) is 2.27. The normalized spacial score (nSPS) is 32.3. The second kappa shape index (κ2) is 5.14. The Hall–Kier alpha value is -0.320. The third-order valence-electron chi connectivity index (χ3n) is 3.62. The standard InChI is InChI=1S/C10H17NO3.ClH/c12-9(13)10(3-4-11-7-10)8-1-5-14-6-2-8;/h8,11H,1-7H2,(H,12,13);1H. The first-order valence-corrected chi connectivity index (χ1v) is 5.27. The molecule has 0 saturated carbocycles. The van der Waals surface area contributed by atoms with Crippen molar-refractivity contribution < 1.29 is 14.6 Å². The van der Waals surface area contributed by atoms with Gasteiger partial charge in [-0.3, -0.25) is 4.79 Å². The van der Waals surface area contributed by atoms with Crippen molar-refractivity contribution in [1.29, 1.82) is 0 Å². The van der Waals surface area contributed by atoms with Crippen LogP contribution in [0.2, 0.25) is 0 Å². The van der Waals surface area contributed by atoms with Gasteiger partial charge in [0.1, 0.15) is 0 Å². The van der Waals surface area contributed by atoms with Crippen LogP contribution in [0.15, 0.2) is 0 Å². The van der Waals surface area contributed by atoms with E-state index in [0.29, 0.717) is 12.5 Å². The Kier molecular flexibility index (Phi) is 4.37. The summed E-state index contributed by atoms with van der Waals surface area (Å²) >= 11 is 0. The van der Waals surface area contributed by atoms with E-state index in [1.807, 2.05) is 0 Å². The van der Waals surface area contributed by atoms with Crippen LogP contribution in [-0.2, 0) is 9.53 Å². The maximum absolute atomic E-state index is 11.3. The lowest BCUT2D eigenvalue weighted by Gasteiger charge is -2.35. The van der Waals surface area contributed by atoms with Crippen LogP contribution in [0.25, 0.3) is 0 Å². The molecule has 88 valence electrons. The number of hydrogen-bond donors (Lipinski definition) is 2. The molecule has 0 aromatic heterocycles. The van der Waals surface area contributed by atoms with Crippen LogP contribution in [0.4, 0.5) is 0 Å². The molecule has 0 aromatic carbocycles. The van der Waals surface area contributed by atoms with Gasteiger partial charge in [0.2, 0.25) is 0 Å². The molecule has 0 spiro atoms. The molecular formula is C10H18ClNO3. The van der Waals surface area contributed by atoms with Crippen molar-refractivity contribution in [3.63, 3.8) is 0 Å². The average Bonchev–Trinajstić information content (AvgIpc) is 2.69. The van der Waals surface area contributed by atoms with E-state index in [4.69, 9.17) is 4.74 Å². The van der Waals surface area contributed by atoms with E-state index in [1.165, 1.54) is 0 Å². The van der Waals surface area contributed by atoms with Crippen LogP contribution >= 0.6 is 12.4 Å². The van der Waals surface area contributed by atoms with Gasteiger partial charge >= 0.3 is 5.97 Å². The zero-order valence-electron chi connectivity index (χ0n) is 8.70. The van der Waals surface area contributed by atoms with Crippen LogP contribution in [0, 0.1) is 11.3 Å². The Morgan fingerprint density at radius 3 is 2.53 bits per heavy atom. The van der Waals surface area contributed by atoms with Crippen molar-refractivity contribution in [3.05, 3.63) is 0 Å². The van der Waals surface area contributed by atoms with Gasteiger partial charge in [-0.1, -0.05) is 0 Å². The molecule has 5 heteroatoms. The summed E-state index contributed by atoms with van der Waals surface area (Å²) in [6.07, 6.45) is 2.56. The molecular weight excluding hydrogens is 218 g/mol. The van der Waals surface area contributed by atoms with Gasteiger partial charge in [0.15, 0.2) is 0 Å². The molecule has 0 aliphatic carbocycles. The van der Waals surface area contributed by atoms with Crippen molar-refractivity contribution in [2.45, 2.75) is 19.3 Å². The zero-order chi connectivity index (χ0) is 10.0. The van der Waals surface area contributed by atoms with E-state index < -0.39 is 11.4 Å². The molecule has 2 aliphatic rings. The summed E-state index contributed by atoms with van der Waals surface area (Å²) in [5.74, 6) is -0.335. The fraction of sp³-hybridized carbons (Fsp3) is 0.900. The molecule has 2 rings (SSSR count). The Balaban J connectivity index is 0.00000112. The van der Waals surface area contributed by atoms with Gasteiger partial charge < -0.3 is 15.2 Å². The minimum Gasteiger partial charge on any atom is -0.481 e. The number of halogens is 1. The third-order valence-corrected chi connectivity index (χ3v) is 3.62. The molecule has 4 nitrogen and oxygen atoms in total. The summed E-state index contributed by atoms with van der Waals surface area (Å²) in [5, 5.41) is 12.5. The van der Waals surface area contributed by atoms with Crippen LogP contribution in [0.1, 0.15) is 19.3 Å². The first-order valence-electron chi connectivity index (χ1n) is 5.27. The van der Waals surface area contributed by atoms with Gasteiger partial charge in [0.05, 0.1) is 5.41 Å². The predicted octanol–water partition coefficient (Wildman–Crippen LogP) is 0.899. The number of nitrogens with one attached hydrogen (secondary N) is 1. The first-order chi connectivity index (χ1) is 6.76. The molecule has 1 unspecified atom stereocenters. The number of rotatable bonds is 2. The lowest BCUT2D eigenvalue weighted by molar-refractivity contribution is -0.153. The van der Waals surface area contributed by atoms with E-state index in [-0.39, 0.29) is 12.4 Å². The molecule has 2 saturated heterocycles. The van der Waals surface area contributed by atoms with Crippen molar-refractivity contribution in [1.82, 2.24) is 5.32 Å². The summed E-state index contributed by atoms with van der Waals surface area (Å²) < 4.78 is 5.27. The molecule has 0 aromatic rings. The molecule has 2 fully saturated rings. The van der Waals surface area contributed by atoms with Gasteiger partial charge in [-0.2, -0.15) is 0 Å². The number of carboxylic acid groups (broad SMARTS) is 1. The number of aliphatic carboxylic acids is 1. The quantitative estimate of drug-likeness (QED) is 0.747. The summed E-state index contributed by atoms with van der Waals surface area (Å²) in [4.78, 5) is 11.3. The summed E-state index contributed by atoms with van der Waals surface area (Å²) in [7, 11) is 0. The largest absolute Gasteiger partial charge is 0.481 e. The Bertz CT molecular complexity index is 223. The van der Waals surface area contributed by atoms with Crippen LogP contribution < -0.4 is 5.32 Å². The highest BCUT2D eigenvalue weighted by Crippen LogP contribution is 2.40. The maximum Gasteiger partial charge on any atom is 0.311 e. The van der Waals surface area contributed by atoms with Crippen molar-refractivity contribution >= 4 is 18.4 Å². The minimum absolute atomic E-state index is 0. The molecule has 0 radical (unpaired) electrons.